The second-order valence-corrected chi connectivity index (χ2v) is 8.35. The van der Waals surface area contributed by atoms with Crippen LogP contribution in [0.3, 0.4) is 0 Å². The van der Waals surface area contributed by atoms with E-state index in [9.17, 15) is 13.2 Å². The summed E-state index contributed by atoms with van der Waals surface area (Å²) >= 11 is 1.70. The molecule has 0 aromatic heterocycles. The lowest BCUT2D eigenvalue weighted by molar-refractivity contribution is -0.124. The van der Waals surface area contributed by atoms with Crippen LogP contribution in [0.15, 0.2) is 0 Å². The van der Waals surface area contributed by atoms with Crippen molar-refractivity contribution in [3.8, 4) is 0 Å². The van der Waals surface area contributed by atoms with Crippen molar-refractivity contribution in [3.05, 3.63) is 0 Å². The summed E-state index contributed by atoms with van der Waals surface area (Å²) in [5.74, 6) is -0.211. The Bertz CT molecular complexity index is 287. The van der Waals surface area contributed by atoms with Gasteiger partial charge in [-0.3, -0.25) is 4.79 Å². The Morgan fingerprint density at radius 3 is 2.00 bits per heavy atom. The van der Waals surface area contributed by atoms with E-state index < -0.39 is 18.5 Å². The minimum absolute atomic E-state index is 0.0163. The van der Waals surface area contributed by atoms with E-state index in [2.05, 4.69) is 0 Å². The van der Waals surface area contributed by atoms with E-state index in [1.165, 1.54) is 0 Å². The molecule has 0 aliphatic rings. The summed E-state index contributed by atoms with van der Waals surface area (Å²) in [6, 6.07) is 0. The van der Waals surface area contributed by atoms with Crippen LogP contribution < -0.4 is 0 Å². The van der Waals surface area contributed by atoms with Gasteiger partial charge in [-0.25, -0.2) is 8.42 Å². The van der Waals surface area contributed by atoms with Gasteiger partial charge in [0.25, 0.3) is 0 Å². The molecule has 0 saturated carbocycles. The summed E-state index contributed by atoms with van der Waals surface area (Å²) in [6.45, 7) is 6.74. The third-order valence-electron chi connectivity index (χ3n) is 1.66. The quantitative estimate of drug-likeness (QED) is 0.589. The predicted octanol–water partition coefficient (Wildman–Crippen LogP) is 1.80. The van der Waals surface area contributed by atoms with Crippen molar-refractivity contribution >= 4 is 38.2 Å². The fourth-order valence-corrected chi connectivity index (χ4v) is 3.64. The number of sulfone groups is 1. The number of rotatable bonds is 3. The molecule has 0 bridgehead atoms. The van der Waals surface area contributed by atoms with Crippen LogP contribution in [0.25, 0.3) is 0 Å². The highest BCUT2D eigenvalue weighted by molar-refractivity contribution is 14.1. The lowest BCUT2D eigenvalue weighted by Gasteiger charge is -2.20. The number of Topliss-reactive ketones (excluding diaryl/α,β-unsaturated/α-hetero) is 1. The minimum Gasteiger partial charge on any atom is -0.297 e. The van der Waals surface area contributed by atoms with E-state index in [-0.39, 0.29) is 11.5 Å². The van der Waals surface area contributed by atoms with Crippen LogP contribution in [0.1, 0.15) is 27.7 Å². The maximum absolute atomic E-state index is 11.6. The summed E-state index contributed by atoms with van der Waals surface area (Å²) in [6.07, 6.45) is 0. The molecule has 78 valence electrons. The molecular formula is C8H15IO3S. The molecule has 0 saturated heterocycles. The molecule has 0 radical (unpaired) electrons. The average molecular weight is 318 g/mol. The first kappa shape index (κ1) is 13.4. The maximum Gasteiger partial charge on any atom is 0.171 e. The van der Waals surface area contributed by atoms with Crippen LogP contribution in [-0.4, -0.2) is 23.2 Å². The van der Waals surface area contributed by atoms with Crippen LogP contribution in [-0.2, 0) is 14.6 Å². The molecule has 0 spiro atoms. The summed E-state index contributed by atoms with van der Waals surface area (Å²) in [7, 11) is -3.24. The molecule has 0 rings (SSSR count). The van der Waals surface area contributed by atoms with Crippen LogP contribution >= 0.6 is 22.6 Å². The zero-order valence-corrected chi connectivity index (χ0v) is 11.3. The van der Waals surface area contributed by atoms with Crippen molar-refractivity contribution in [1.82, 2.24) is 0 Å². The molecule has 3 nitrogen and oxygen atoms in total. The van der Waals surface area contributed by atoms with E-state index in [0.717, 1.165) is 0 Å². The second-order valence-electron chi connectivity index (χ2n) is 3.88. The lowest BCUT2D eigenvalue weighted by atomic mass is 9.92. The first-order chi connectivity index (χ1) is 5.63. The van der Waals surface area contributed by atoms with Crippen LogP contribution in [0.4, 0.5) is 0 Å². The maximum atomic E-state index is 11.6. The molecule has 0 aliphatic heterocycles. The van der Waals surface area contributed by atoms with Crippen molar-refractivity contribution in [1.29, 1.82) is 0 Å². The van der Waals surface area contributed by atoms with Crippen molar-refractivity contribution in [3.63, 3.8) is 0 Å². The Morgan fingerprint density at radius 2 is 1.77 bits per heavy atom. The van der Waals surface area contributed by atoms with E-state index in [1.54, 1.807) is 50.3 Å². The number of alkyl halides is 1. The molecule has 0 aromatic rings. The Balaban J connectivity index is 4.84. The first-order valence-electron chi connectivity index (χ1n) is 4.03. The van der Waals surface area contributed by atoms with E-state index >= 15 is 0 Å². The zero-order valence-electron chi connectivity index (χ0n) is 8.30. The van der Waals surface area contributed by atoms with Crippen LogP contribution in [0, 0.1) is 5.41 Å². The molecule has 0 fully saturated rings. The zero-order chi connectivity index (χ0) is 10.9. The van der Waals surface area contributed by atoms with Crippen molar-refractivity contribution in [2.75, 3.05) is 5.75 Å². The van der Waals surface area contributed by atoms with Crippen LogP contribution in [0.2, 0.25) is 0 Å². The Morgan fingerprint density at radius 1 is 1.38 bits per heavy atom. The molecule has 1 atom stereocenters. The Kier molecular flexibility index (Phi) is 4.36. The van der Waals surface area contributed by atoms with E-state index in [1.807, 2.05) is 0 Å². The standard InChI is InChI=1S/C8H15IO3S/c1-5-13(11,12)7(9)6(10)8(2,3)4/h7H,5H2,1-4H3. The number of hydrogen-bond acceptors (Lipinski definition) is 3. The Hall–Kier alpha value is 0.350. The van der Waals surface area contributed by atoms with E-state index in [4.69, 9.17) is 0 Å². The number of halogens is 1. The second kappa shape index (κ2) is 4.25. The lowest BCUT2D eigenvalue weighted by Crippen LogP contribution is -2.34. The molecule has 13 heavy (non-hydrogen) atoms. The molecule has 5 heteroatoms. The molecular weight excluding hydrogens is 303 g/mol. The van der Waals surface area contributed by atoms with Gasteiger partial charge in [-0.2, -0.15) is 0 Å². The fraction of sp³-hybridized carbons (Fsp3) is 0.875. The number of hydrogen-bond donors (Lipinski definition) is 0. The van der Waals surface area contributed by atoms with Gasteiger partial charge in [-0.15, -0.1) is 0 Å². The van der Waals surface area contributed by atoms with Gasteiger partial charge in [-0.1, -0.05) is 50.3 Å². The summed E-state index contributed by atoms with van der Waals surface area (Å²) in [5, 5.41) is 0. The van der Waals surface area contributed by atoms with Crippen LogP contribution in [0.5, 0.6) is 0 Å². The van der Waals surface area contributed by atoms with Crippen molar-refractivity contribution in [2.24, 2.45) is 5.41 Å². The monoisotopic (exact) mass is 318 g/mol. The highest BCUT2D eigenvalue weighted by atomic mass is 127. The largest absolute Gasteiger partial charge is 0.297 e. The normalized spacial score (nSPS) is 15.5. The van der Waals surface area contributed by atoms with Gasteiger partial charge in [0, 0.05) is 11.2 Å². The predicted molar refractivity (Wildman–Crippen MR) is 61.7 cm³/mol. The summed E-state index contributed by atoms with van der Waals surface area (Å²) in [5.41, 5.74) is -0.589. The Labute approximate surface area is 93.3 Å². The van der Waals surface area contributed by atoms with Gasteiger partial charge >= 0.3 is 0 Å². The van der Waals surface area contributed by atoms with Gasteiger partial charge in [0.15, 0.2) is 18.9 Å². The van der Waals surface area contributed by atoms with E-state index in [0.29, 0.717) is 0 Å². The average Bonchev–Trinajstić information content (AvgIpc) is 2.00. The minimum atomic E-state index is -3.24. The van der Waals surface area contributed by atoms with Gasteiger partial charge in [-0.05, 0) is 0 Å². The summed E-state index contributed by atoms with van der Waals surface area (Å²) in [4.78, 5) is 11.6. The molecule has 0 amide bonds. The van der Waals surface area contributed by atoms with Crippen molar-refractivity contribution in [2.45, 2.75) is 31.0 Å². The number of ketones is 1. The molecule has 0 N–H and O–H groups in total. The molecule has 1 unspecified atom stereocenters. The number of carbonyl (C=O) groups excluding carboxylic acids is 1. The third kappa shape index (κ3) is 3.53. The summed E-state index contributed by atoms with van der Waals surface area (Å²) < 4.78 is 21.8. The third-order valence-corrected chi connectivity index (χ3v) is 6.20. The van der Waals surface area contributed by atoms with Gasteiger partial charge in [0.1, 0.15) is 0 Å². The SMILES string of the molecule is CCS(=O)(=O)C(I)C(=O)C(C)(C)C. The van der Waals surface area contributed by atoms with Crippen molar-refractivity contribution < 1.29 is 13.2 Å². The first-order valence-corrected chi connectivity index (χ1v) is 6.99. The molecule has 0 heterocycles. The molecule has 0 aromatic carbocycles. The highest BCUT2D eigenvalue weighted by Gasteiger charge is 2.35. The number of carbonyl (C=O) groups is 1. The highest BCUT2D eigenvalue weighted by Crippen LogP contribution is 2.24. The van der Waals surface area contributed by atoms with Gasteiger partial charge in [0.2, 0.25) is 0 Å². The topological polar surface area (TPSA) is 51.2 Å². The molecule has 0 aliphatic carbocycles. The fourth-order valence-electron chi connectivity index (χ4n) is 0.650. The smallest absolute Gasteiger partial charge is 0.171 e. The van der Waals surface area contributed by atoms with Gasteiger partial charge in [0.05, 0.1) is 0 Å². The van der Waals surface area contributed by atoms with Gasteiger partial charge < -0.3 is 0 Å².